The van der Waals surface area contributed by atoms with E-state index in [9.17, 15) is 13.5 Å². The van der Waals surface area contributed by atoms with E-state index in [0.29, 0.717) is 23.2 Å². The molecule has 1 aliphatic rings. The Labute approximate surface area is 114 Å². The highest BCUT2D eigenvalue weighted by Crippen LogP contribution is 2.34. The third kappa shape index (κ3) is 2.24. The lowest BCUT2D eigenvalue weighted by atomic mass is 9.94. The second-order valence-electron chi connectivity index (χ2n) is 5.28. The van der Waals surface area contributed by atoms with E-state index in [1.807, 2.05) is 6.92 Å². The van der Waals surface area contributed by atoms with Crippen molar-refractivity contribution in [2.45, 2.75) is 37.7 Å². The number of hydrogen-bond acceptors (Lipinski definition) is 4. The molecule has 0 spiro atoms. The fraction of sp³-hybridized carbons (Fsp3) is 0.538. The number of nitrogens with two attached hydrogens (primary N) is 1. The molecule has 0 radical (unpaired) electrons. The molecule has 0 amide bonds. The van der Waals surface area contributed by atoms with Gasteiger partial charge in [-0.05, 0) is 37.5 Å². The highest BCUT2D eigenvalue weighted by Gasteiger charge is 2.46. The average Bonchev–Trinajstić information content (AvgIpc) is 2.30. The Bertz CT molecular complexity index is 605. The number of rotatable bonds is 3. The summed E-state index contributed by atoms with van der Waals surface area (Å²) in [7, 11) is -3.57. The van der Waals surface area contributed by atoms with Gasteiger partial charge in [0.1, 0.15) is 0 Å². The van der Waals surface area contributed by atoms with Gasteiger partial charge in [-0.1, -0.05) is 13.0 Å². The van der Waals surface area contributed by atoms with Gasteiger partial charge in [0.05, 0.1) is 10.5 Å². The predicted octanol–water partition coefficient (Wildman–Crippen LogP) is 1.03. The summed E-state index contributed by atoms with van der Waals surface area (Å²) in [4.78, 5) is 0.269. The van der Waals surface area contributed by atoms with Crippen LogP contribution in [0.5, 0.6) is 0 Å². The lowest BCUT2D eigenvalue weighted by molar-refractivity contribution is -0.0613. The Kier molecular flexibility index (Phi) is 3.36. The number of sulfonamides is 1. The highest BCUT2D eigenvalue weighted by atomic mass is 32.2. The second kappa shape index (κ2) is 4.47. The maximum Gasteiger partial charge on any atom is 0.243 e. The predicted molar refractivity (Wildman–Crippen MR) is 74.3 cm³/mol. The van der Waals surface area contributed by atoms with Gasteiger partial charge < -0.3 is 10.8 Å². The number of hydrogen-bond donors (Lipinski definition) is 2. The van der Waals surface area contributed by atoms with Crippen molar-refractivity contribution < 1.29 is 13.5 Å². The van der Waals surface area contributed by atoms with Crippen LogP contribution in [0.2, 0.25) is 0 Å². The van der Waals surface area contributed by atoms with E-state index in [0.717, 1.165) is 0 Å². The van der Waals surface area contributed by atoms with Gasteiger partial charge in [0.15, 0.2) is 0 Å². The van der Waals surface area contributed by atoms with Crippen LogP contribution in [0.15, 0.2) is 17.0 Å². The first-order chi connectivity index (χ1) is 8.71. The van der Waals surface area contributed by atoms with Crippen molar-refractivity contribution in [2.24, 2.45) is 0 Å². The molecule has 19 heavy (non-hydrogen) atoms. The minimum Gasteiger partial charge on any atom is -0.398 e. The second-order valence-corrected chi connectivity index (χ2v) is 7.15. The summed E-state index contributed by atoms with van der Waals surface area (Å²) in [6.07, 6.45) is 0.550. The lowest BCUT2D eigenvalue weighted by Gasteiger charge is -2.45. The molecule has 6 heteroatoms. The van der Waals surface area contributed by atoms with Crippen LogP contribution >= 0.6 is 0 Å². The number of nitrogen functional groups attached to an aromatic ring is 1. The maximum atomic E-state index is 12.6. The SMILES string of the molecule is CCC1(O)CN(S(=O)(=O)c2c(C)ccc(N)c2C)C1. The van der Waals surface area contributed by atoms with Gasteiger partial charge in [-0.15, -0.1) is 0 Å². The van der Waals surface area contributed by atoms with Gasteiger partial charge >= 0.3 is 0 Å². The van der Waals surface area contributed by atoms with E-state index < -0.39 is 15.6 Å². The minimum atomic E-state index is -3.57. The third-order valence-corrected chi connectivity index (χ3v) is 5.92. The number of benzene rings is 1. The molecule has 106 valence electrons. The summed E-state index contributed by atoms with van der Waals surface area (Å²) in [5, 5.41) is 9.96. The average molecular weight is 284 g/mol. The molecule has 1 fully saturated rings. The van der Waals surface area contributed by atoms with Crippen LogP contribution in [0.25, 0.3) is 0 Å². The molecule has 1 aromatic carbocycles. The van der Waals surface area contributed by atoms with Crippen molar-refractivity contribution >= 4 is 15.7 Å². The van der Waals surface area contributed by atoms with Crippen LogP contribution in [0.1, 0.15) is 24.5 Å². The summed E-state index contributed by atoms with van der Waals surface area (Å²) >= 11 is 0. The quantitative estimate of drug-likeness (QED) is 0.812. The van der Waals surface area contributed by atoms with Crippen molar-refractivity contribution in [3.05, 3.63) is 23.3 Å². The Morgan fingerprint density at radius 3 is 2.47 bits per heavy atom. The molecule has 0 aliphatic carbocycles. The van der Waals surface area contributed by atoms with E-state index in [1.54, 1.807) is 26.0 Å². The molecule has 1 heterocycles. The van der Waals surface area contributed by atoms with Crippen molar-refractivity contribution in [2.75, 3.05) is 18.8 Å². The topological polar surface area (TPSA) is 83.6 Å². The fourth-order valence-electron chi connectivity index (χ4n) is 2.37. The zero-order valence-electron chi connectivity index (χ0n) is 11.5. The zero-order valence-corrected chi connectivity index (χ0v) is 12.3. The van der Waals surface area contributed by atoms with Crippen LogP contribution in [0.4, 0.5) is 5.69 Å². The van der Waals surface area contributed by atoms with E-state index in [-0.39, 0.29) is 18.0 Å². The minimum absolute atomic E-state index is 0.152. The van der Waals surface area contributed by atoms with E-state index in [1.165, 1.54) is 4.31 Å². The van der Waals surface area contributed by atoms with Crippen molar-refractivity contribution in [3.8, 4) is 0 Å². The smallest absolute Gasteiger partial charge is 0.243 e. The molecule has 1 aromatic rings. The molecule has 1 saturated heterocycles. The first-order valence-electron chi connectivity index (χ1n) is 6.29. The van der Waals surface area contributed by atoms with Crippen LogP contribution in [0.3, 0.4) is 0 Å². The van der Waals surface area contributed by atoms with E-state index in [4.69, 9.17) is 5.73 Å². The molecule has 5 nitrogen and oxygen atoms in total. The van der Waals surface area contributed by atoms with Gasteiger partial charge in [-0.25, -0.2) is 8.42 Å². The standard InChI is InChI=1S/C13H20N2O3S/c1-4-13(16)7-15(8-13)19(17,18)12-9(2)5-6-11(14)10(12)3/h5-6,16H,4,7-8,14H2,1-3H3. The maximum absolute atomic E-state index is 12.6. The summed E-state index contributed by atoms with van der Waals surface area (Å²) < 4.78 is 26.5. The van der Waals surface area contributed by atoms with Crippen LogP contribution in [-0.2, 0) is 10.0 Å². The number of β-amino-alcohol motifs (C(OH)–C–C–N with tert-alkyl or cyclic N) is 1. The van der Waals surface area contributed by atoms with Gasteiger partial charge in [-0.3, -0.25) is 0 Å². The third-order valence-electron chi connectivity index (χ3n) is 3.84. The summed E-state index contributed by atoms with van der Waals surface area (Å²) in [6.45, 7) is 5.62. The summed E-state index contributed by atoms with van der Waals surface area (Å²) in [5.41, 5.74) is 6.64. The molecule has 3 N–H and O–H groups in total. The zero-order chi connectivity index (χ0) is 14.4. The molecule has 0 unspecified atom stereocenters. The Balaban J connectivity index is 2.40. The molecule has 2 rings (SSSR count). The summed E-state index contributed by atoms with van der Waals surface area (Å²) in [5.74, 6) is 0. The highest BCUT2D eigenvalue weighted by molar-refractivity contribution is 7.89. The Hall–Kier alpha value is -1.11. The monoisotopic (exact) mass is 284 g/mol. The first-order valence-corrected chi connectivity index (χ1v) is 7.73. The molecule has 0 bridgehead atoms. The van der Waals surface area contributed by atoms with Gasteiger partial charge in [0.2, 0.25) is 10.0 Å². The van der Waals surface area contributed by atoms with E-state index >= 15 is 0 Å². The van der Waals surface area contributed by atoms with Gasteiger partial charge in [0.25, 0.3) is 0 Å². The van der Waals surface area contributed by atoms with Crippen molar-refractivity contribution in [3.63, 3.8) is 0 Å². The number of aliphatic hydroxyl groups is 1. The van der Waals surface area contributed by atoms with Crippen LogP contribution < -0.4 is 5.73 Å². The fourth-order valence-corrected chi connectivity index (χ4v) is 4.43. The Morgan fingerprint density at radius 1 is 1.37 bits per heavy atom. The first kappa shape index (κ1) is 14.3. The van der Waals surface area contributed by atoms with Crippen molar-refractivity contribution in [1.29, 1.82) is 0 Å². The molecular formula is C13H20N2O3S. The molecule has 1 aliphatic heterocycles. The molecule has 0 aromatic heterocycles. The number of nitrogens with zero attached hydrogens (tertiary/aromatic N) is 1. The molecule has 0 saturated carbocycles. The lowest BCUT2D eigenvalue weighted by Crippen LogP contribution is -2.63. The van der Waals surface area contributed by atoms with Crippen LogP contribution in [0, 0.1) is 13.8 Å². The summed E-state index contributed by atoms with van der Waals surface area (Å²) in [6, 6.07) is 3.42. The van der Waals surface area contributed by atoms with Gasteiger partial charge in [0, 0.05) is 18.8 Å². The normalized spacial score (nSPS) is 19.2. The Morgan fingerprint density at radius 2 is 1.95 bits per heavy atom. The number of aryl methyl sites for hydroxylation is 1. The van der Waals surface area contributed by atoms with Crippen LogP contribution in [-0.4, -0.2) is 36.5 Å². The van der Waals surface area contributed by atoms with Crippen molar-refractivity contribution in [1.82, 2.24) is 4.31 Å². The van der Waals surface area contributed by atoms with E-state index in [2.05, 4.69) is 0 Å². The number of anilines is 1. The van der Waals surface area contributed by atoms with Gasteiger partial charge in [-0.2, -0.15) is 4.31 Å². The molecular weight excluding hydrogens is 264 g/mol. The largest absolute Gasteiger partial charge is 0.398 e. The molecule has 0 atom stereocenters.